The minimum Gasteiger partial charge on any atom is -0.404 e. The summed E-state index contributed by atoms with van der Waals surface area (Å²) in [5, 5.41) is 2.49. The predicted octanol–water partition coefficient (Wildman–Crippen LogP) is 2.95. The smallest absolute Gasteiger partial charge is 0.404 e. The van der Waals surface area contributed by atoms with Crippen LogP contribution < -0.4 is 15.8 Å². The molecule has 1 aromatic rings. The Morgan fingerprint density at radius 1 is 1.24 bits per heavy atom. The summed E-state index contributed by atoms with van der Waals surface area (Å²) in [5.74, 6) is -0.685. The summed E-state index contributed by atoms with van der Waals surface area (Å²) in [4.78, 5) is 5.22. The number of ether oxygens (including phenoxy) is 1. The molecule has 1 aliphatic rings. The fourth-order valence-corrected chi connectivity index (χ4v) is 2.47. The van der Waals surface area contributed by atoms with Crippen molar-refractivity contribution in [3.05, 3.63) is 24.3 Å². The third-order valence-electron chi connectivity index (χ3n) is 3.35. The molecule has 5 nitrogen and oxygen atoms in total. The molecule has 2 rings (SSSR count). The molecule has 0 saturated carbocycles. The van der Waals surface area contributed by atoms with E-state index in [1.165, 1.54) is 23.1 Å². The van der Waals surface area contributed by atoms with E-state index in [4.69, 9.17) is 5.73 Å². The summed E-state index contributed by atoms with van der Waals surface area (Å²) in [5.41, 5.74) is 5.60. The highest BCUT2D eigenvalue weighted by Crippen LogP contribution is 2.30. The van der Waals surface area contributed by atoms with Gasteiger partial charge < -0.3 is 15.8 Å². The Kier molecular flexibility index (Phi) is 5.65. The van der Waals surface area contributed by atoms with Crippen LogP contribution in [0.3, 0.4) is 0 Å². The van der Waals surface area contributed by atoms with Gasteiger partial charge in [-0.05, 0) is 18.6 Å². The Morgan fingerprint density at radius 3 is 2.56 bits per heavy atom. The van der Waals surface area contributed by atoms with Crippen molar-refractivity contribution in [2.24, 2.45) is 10.7 Å². The first-order valence-electron chi connectivity index (χ1n) is 7.26. The van der Waals surface area contributed by atoms with Gasteiger partial charge in [0.25, 0.3) is 0 Å². The first-order chi connectivity index (χ1) is 11.5. The van der Waals surface area contributed by atoms with Crippen molar-refractivity contribution in [2.75, 3.05) is 25.0 Å². The number of nitrogens with two attached hydrogens (primary N) is 1. The van der Waals surface area contributed by atoms with Gasteiger partial charge in [0.2, 0.25) is 0 Å². The lowest BCUT2D eigenvalue weighted by Crippen LogP contribution is -2.33. The molecule has 1 heterocycles. The summed E-state index contributed by atoms with van der Waals surface area (Å²) in [6.07, 6.45) is -8.79. The molecule has 0 radical (unpaired) electrons. The van der Waals surface area contributed by atoms with E-state index in [0.29, 0.717) is 6.42 Å². The van der Waals surface area contributed by atoms with Gasteiger partial charge in [0, 0.05) is 13.1 Å². The van der Waals surface area contributed by atoms with Crippen molar-refractivity contribution in [2.45, 2.75) is 25.0 Å². The molecule has 1 fully saturated rings. The third-order valence-corrected chi connectivity index (χ3v) is 3.35. The summed E-state index contributed by atoms with van der Waals surface area (Å²) >= 11 is 0. The highest BCUT2D eigenvalue weighted by Gasteiger charge is 2.34. The molecule has 1 atom stereocenters. The molecule has 0 bridgehead atoms. The SMILES string of the molecule is NC(=NC1CCN(CC(F)(F)F)C1)Nc1ccccc1OC(F)(F)F. The molecule has 0 amide bonds. The standard InChI is InChI=1S/C14H16F6N4O/c15-13(16,17)8-24-6-5-9(7-24)22-12(21)23-10-3-1-2-4-11(10)25-14(18,19)20/h1-4,9H,5-8H2,(H3,21,22,23). The van der Waals surface area contributed by atoms with E-state index in [1.54, 1.807) is 0 Å². The van der Waals surface area contributed by atoms with Gasteiger partial charge in [-0.15, -0.1) is 13.2 Å². The van der Waals surface area contributed by atoms with E-state index in [-0.39, 0.29) is 24.7 Å². The molecule has 1 unspecified atom stereocenters. The van der Waals surface area contributed by atoms with Crippen molar-refractivity contribution in [3.63, 3.8) is 0 Å². The van der Waals surface area contributed by atoms with Gasteiger partial charge in [0.15, 0.2) is 11.7 Å². The summed E-state index contributed by atoms with van der Waals surface area (Å²) < 4.78 is 78.0. The maximum Gasteiger partial charge on any atom is 0.573 e. The molecule has 1 aliphatic heterocycles. The number of anilines is 1. The van der Waals surface area contributed by atoms with Crippen LogP contribution in [0.5, 0.6) is 5.75 Å². The quantitative estimate of drug-likeness (QED) is 0.486. The van der Waals surface area contributed by atoms with Crippen LogP contribution in [-0.2, 0) is 0 Å². The average Bonchev–Trinajstić information content (AvgIpc) is 2.84. The van der Waals surface area contributed by atoms with Gasteiger partial charge in [-0.25, -0.2) is 4.99 Å². The van der Waals surface area contributed by atoms with Gasteiger partial charge in [-0.1, -0.05) is 12.1 Å². The minimum absolute atomic E-state index is 0.0498. The van der Waals surface area contributed by atoms with Crippen LogP contribution in [-0.4, -0.2) is 49.1 Å². The number of hydrogen-bond donors (Lipinski definition) is 2. The predicted molar refractivity (Wildman–Crippen MR) is 79.3 cm³/mol. The fourth-order valence-electron chi connectivity index (χ4n) is 2.47. The maximum atomic E-state index is 12.4. The number of aliphatic imine (C=N–C) groups is 1. The lowest BCUT2D eigenvalue weighted by Gasteiger charge is -2.17. The normalized spacial score (nSPS) is 19.9. The molecule has 0 spiro atoms. The van der Waals surface area contributed by atoms with Crippen LogP contribution in [0.15, 0.2) is 29.3 Å². The van der Waals surface area contributed by atoms with Gasteiger partial charge in [-0.2, -0.15) is 13.2 Å². The van der Waals surface area contributed by atoms with E-state index in [0.717, 1.165) is 6.07 Å². The zero-order valence-corrected chi connectivity index (χ0v) is 12.9. The van der Waals surface area contributed by atoms with Crippen LogP contribution in [0.4, 0.5) is 32.0 Å². The molecule has 1 aromatic carbocycles. The van der Waals surface area contributed by atoms with Crippen molar-refractivity contribution in [1.82, 2.24) is 4.90 Å². The van der Waals surface area contributed by atoms with E-state index in [9.17, 15) is 26.3 Å². The number of nitrogens with one attached hydrogen (secondary N) is 1. The highest BCUT2D eigenvalue weighted by molar-refractivity contribution is 5.93. The van der Waals surface area contributed by atoms with Gasteiger partial charge in [0.05, 0.1) is 18.3 Å². The lowest BCUT2D eigenvalue weighted by molar-refractivity contribution is -0.274. The number of benzene rings is 1. The van der Waals surface area contributed by atoms with E-state index in [1.807, 2.05) is 0 Å². The van der Waals surface area contributed by atoms with Crippen molar-refractivity contribution in [1.29, 1.82) is 0 Å². The van der Waals surface area contributed by atoms with Gasteiger partial charge in [-0.3, -0.25) is 4.90 Å². The molecule has 25 heavy (non-hydrogen) atoms. The van der Waals surface area contributed by atoms with Gasteiger partial charge in [0.1, 0.15) is 0 Å². The molecule has 11 heteroatoms. The highest BCUT2D eigenvalue weighted by atomic mass is 19.4. The second kappa shape index (κ2) is 7.38. The Bertz CT molecular complexity index is 616. The number of alkyl halides is 6. The van der Waals surface area contributed by atoms with Crippen LogP contribution >= 0.6 is 0 Å². The zero-order valence-electron chi connectivity index (χ0n) is 12.9. The first kappa shape index (κ1) is 19.2. The van der Waals surface area contributed by atoms with Crippen molar-refractivity contribution < 1.29 is 31.1 Å². The van der Waals surface area contributed by atoms with E-state index in [2.05, 4.69) is 15.0 Å². The molecule has 0 aliphatic carbocycles. The molecule has 1 saturated heterocycles. The van der Waals surface area contributed by atoms with E-state index < -0.39 is 30.9 Å². The number of rotatable bonds is 4. The Morgan fingerprint density at radius 2 is 1.92 bits per heavy atom. The number of nitrogens with zero attached hydrogens (tertiary/aromatic N) is 2. The van der Waals surface area contributed by atoms with Crippen molar-refractivity contribution >= 4 is 11.6 Å². The Hall–Kier alpha value is -2.17. The molecular formula is C14H16F6N4O. The fraction of sp³-hybridized carbons (Fsp3) is 0.500. The second-order valence-electron chi connectivity index (χ2n) is 5.48. The molecule has 3 N–H and O–H groups in total. The van der Waals surface area contributed by atoms with Crippen LogP contribution in [0.2, 0.25) is 0 Å². The van der Waals surface area contributed by atoms with E-state index >= 15 is 0 Å². The number of hydrogen-bond acceptors (Lipinski definition) is 3. The monoisotopic (exact) mass is 370 g/mol. The molecule has 0 aromatic heterocycles. The topological polar surface area (TPSA) is 62.9 Å². The first-order valence-corrected chi connectivity index (χ1v) is 7.26. The van der Waals surface area contributed by atoms with Crippen LogP contribution in [0, 0.1) is 0 Å². The minimum atomic E-state index is -4.87. The summed E-state index contributed by atoms with van der Waals surface area (Å²) in [7, 11) is 0. The molecule has 140 valence electrons. The number of para-hydroxylation sites is 2. The summed E-state index contributed by atoms with van der Waals surface area (Å²) in [6.45, 7) is -0.744. The summed E-state index contributed by atoms with van der Waals surface area (Å²) in [6, 6.07) is 4.77. The third kappa shape index (κ3) is 6.69. The van der Waals surface area contributed by atoms with Crippen LogP contribution in [0.1, 0.15) is 6.42 Å². The largest absolute Gasteiger partial charge is 0.573 e. The second-order valence-corrected chi connectivity index (χ2v) is 5.48. The van der Waals surface area contributed by atoms with Crippen molar-refractivity contribution in [3.8, 4) is 5.75 Å². The Balaban J connectivity index is 1.98. The lowest BCUT2D eigenvalue weighted by atomic mass is 10.3. The Labute approximate surface area is 139 Å². The maximum absolute atomic E-state index is 12.4. The number of guanidine groups is 1. The molecular weight excluding hydrogens is 354 g/mol. The van der Waals surface area contributed by atoms with Gasteiger partial charge >= 0.3 is 12.5 Å². The number of likely N-dealkylation sites (tertiary alicyclic amines) is 1. The average molecular weight is 370 g/mol. The van der Waals surface area contributed by atoms with Crippen LogP contribution in [0.25, 0.3) is 0 Å². The zero-order chi connectivity index (χ0) is 18.7. The number of halogens is 6.